The maximum Gasteiger partial charge on any atom is 0.469 e. The highest BCUT2D eigenvalue weighted by atomic mass is 31.2. The Bertz CT molecular complexity index is 1020. The van der Waals surface area contributed by atoms with E-state index in [0.717, 1.165) is 0 Å². The minimum Gasteiger partial charge on any atom is -0.505 e. The van der Waals surface area contributed by atoms with Crippen LogP contribution in [0.15, 0.2) is 28.4 Å². The van der Waals surface area contributed by atoms with Crippen molar-refractivity contribution < 1.29 is 38.7 Å². The standard InChI is InChI=1S/C16H16N3O8P/c1-8-10(16(22)23)4-3-5-13(8)18-19-15-12(7-27-28(24,25)26)11(6-20)14(21)9(2)17-15/h3-6,21H,7H2,1-2H3,(H,22,23)(H2,24,25,26). The highest BCUT2D eigenvalue weighted by molar-refractivity contribution is 7.46. The molecular formula is C16H16N3O8P. The normalized spacial score (nSPS) is 11.7. The lowest BCUT2D eigenvalue weighted by Gasteiger charge is -2.12. The Morgan fingerprint density at radius 3 is 2.54 bits per heavy atom. The van der Waals surface area contributed by atoms with E-state index < -0.39 is 26.1 Å². The molecule has 148 valence electrons. The Balaban J connectivity index is 2.56. The van der Waals surface area contributed by atoms with Crippen molar-refractivity contribution in [3.8, 4) is 5.75 Å². The number of aromatic nitrogens is 1. The average molecular weight is 409 g/mol. The number of carbonyl (C=O) groups excluding carboxylic acids is 1. The molecule has 12 heteroatoms. The summed E-state index contributed by atoms with van der Waals surface area (Å²) in [5.41, 5.74) is 0.111. The Kier molecular flexibility index (Phi) is 6.37. The molecule has 0 bridgehead atoms. The van der Waals surface area contributed by atoms with Gasteiger partial charge in [0.15, 0.2) is 12.1 Å². The lowest BCUT2D eigenvalue weighted by Crippen LogP contribution is -2.01. The molecule has 0 aliphatic carbocycles. The summed E-state index contributed by atoms with van der Waals surface area (Å²) in [6.45, 7) is 2.16. The van der Waals surface area contributed by atoms with Crippen molar-refractivity contribution in [2.75, 3.05) is 0 Å². The second-order valence-electron chi connectivity index (χ2n) is 5.60. The van der Waals surface area contributed by atoms with Gasteiger partial charge in [0.2, 0.25) is 0 Å². The van der Waals surface area contributed by atoms with Gasteiger partial charge in [-0.3, -0.25) is 9.32 Å². The van der Waals surface area contributed by atoms with E-state index in [4.69, 9.17) is 14.9 Å². The number of nitrogens with zero attached hydrogens (tertiary/aromatic N) is 3. The van der Waals surface area contributed by atoms with Gasteiger partial charge < -0.3 is 20.0 Å². The fourth-order valence-electron chi connectivity index (χ4n) is 2.30. The van der Waals surface area contributed by atoms with Crippen LogP contribution in [0, 0.1) is 13.8 Å². The van der Waals surface area contributed by atoms with Gasteiger partial charge in [0, 0.05) is 5.56 Å². The number of aldehydes is 1. The number of azo groups is 1. The average Bonchev–Trinajstić information content (AvgIpc) is 2.61. The molecule has 11 nitrogen and oxygen atoms in total. The number of carbonyl (C=O) groups is 2. The molecule has 0 saturated heterocycles. The monoisotopic (exact) mass is 409 g/mol. The molecule has 1 aromatic carbocycles. The van der Waals surface area contributed by atoms with Crippen LogP contribution in [-0.4, -0.2) is 37.2 Å². The Labute approximate surface area is 158 Å². The summed E-state index contributed by atoms with van der Waals surface area (Å²) in [6, 6.07) is 4.36. The van der Waals surface area contributed by atoms with E-state index in [1.807, 2.05) is 0 Å². The molecular weight excluding hydrogens is 393 g/mol. The number of phosphoric acid groups is 1. The highest BCUT2D eigenvalue weighted by Gasteiger charge is 2.22. The zero-order valence-electron chi connectivity index (χ0n) is 14.7. The van der Waals surface area contributed by atoms with Gasteiger partial charge in [-0.25, -0.2) is 14.3 Å². The van der Waals surface area contributed by atoms with Crippen LogP contribution in [-0.2, 0) is 15.7 Å². The number of benzene rings is 1. The first kappa shape index (κ1) is 21.3. The van der Waals surface area contributed by atoms with Crippen molar-refractivity contribution in [1.29, 1.82) is 0 Å². The zero-order valence-corrected chi connectivity index (χ0v) is 15.6. The predicted molar refractivity (Wildman–Crippen MR) is 95.2 cm³/mol. The van der Waals surface area contributed by atoms with Crippen molar-refractivity contribution in [1.82, 2.24) is 4.98 Å². The number of pyridine rings is 1. The third kappa shape index (κ3) is 4.84. The molecule has 28 heavy (non-hydrogen) atoms. The minimum absolute atomic E-state index is 0.0185. The van der Waals surface area contributed by atoms with Crippen LogP contribution < -0.4 is 0 Å². The van der Waals surface area contributed by atoms with Gasteiger partial charge in [-0.15, -0.1) is 10.2 Å². The number of aryl methyl sites for hydroxylation is 1. The Morgan fingerprint density at radius 2 is 1.96 bits per heavy atom. The molecule has 0 aliphatic heterocycles. The maximum absolute atomic E-state index is 11.4. The van der Waals surface area contributed by atoms with E-state index in [0.29, 0.717) is 5.56 Å². The number of carboxylic acid groups (broad SMARTS) is 1. The van der Waals surface area contributed by atoms with Crippen molar-refractivity contribution in [3.63, 3.8) is 0 Å². The largest absolute Gasteiger partial charge is 0.505 e. The summed E-state index contributed by atoms with van der Waals surface area (Å²) in [7, 11) is -4.87. The van der Waals surface area contributed by atoms with E-state index in [-0.39, 0.29) is 40.2 Å². The first-order chi connectivity index (χ1) is 13.0. The minimum atomic E-state index is -4.87. The summed E-state index contributed by atoms with van der Waals surface area (Å²) in [5.74, 6) is -1.85. The molecule has 0 aliphatic rings. The topological polar surface area (TPSA) is 179 Å². The van der Waals surface area contributed by atoms with Gasteiger partial charge in [-0.05, 0) is 31.5 Å². The number of carboxylic acids is 1. The van der Waals surface area contributed by atoms with Gasteiger partial charge in [0.1, 0.15) is 5.75 Å². The SMILES string of the molecule is Cc1nc(N=Nc2cccc(C(=O)O)c2C)c(COP(=O)(O)O)c(C=O)c1O. The Morgan fingerprint density at radius 1 is 1.29 bits per heavy atom. The number of phosphoric ester groups is 1. The van der Waals surface area contributed by atoms with Gasteiger partial charge >= 0.3 is 13.8 Å². The van der Waals surface area contributed by atoms with Crippen LogP contribution in [0.25, 0.3) is 0 Å². The number of rotatable bonds is 7. The fraction of sp³-hybridized carbons (Fsp3) is 0.188. The second-order valence-corrected chi connectivity index (χ2v) is 6.84. The fourth-order valence-corrected chi connectivity index (χ4v) is 2.60. The third-order valence-electron chi connectivity index (χ3n) is 3.75. The lowest BCUT2D eigenvalue weighted by molar-refractivity contribution is 0.0696. The van der Waals surface area contributed by atoms with E-state index in [1.165, 1.54) is 32.0 Å². The van der Waals surface area contributed by atoms with E-state index in [2.05, 4.69) is 19.7 Å². The van der Waals surface area contributed by atoms with E-state index in [1.54, 1.807) is 0 Å². The molecule has 0 amide bonds. The number of hydrogen-bond acceptors (Lipinski definition) is 8. The molecule has 0 spiro atoms. The lowest BCUT2D eigenvalue weighted by atomic mass is 10.1. The van der Waals surface area contributed by atoms with Crippen molar-refractivity contribution in [2.45, 2.75) is 20.5 Å². The molecule has 0 saturated carbocycles. The maximum atomic E-state index is 11.4. The smallest absolute Gasteiger partial charge is 0.469 e. The summed E-state index contributed by atoms with van der Waals surface area (Å²) in [5, 5.41) is 26.9. The summed E-state index contributed by atoms with van der Waals surface area (Å²) in [6.07, 6.45) is 0.275. The third-order valence-corrected chi connectivity index (χ3v) is 4.21. The highest BCUT2D eigenvalue weighted by Crippen LogP contribution is 2.40. The number of aromatic carboxylic acids is 1. The molecule has 2 rings (SSSR count). The molecule has 1 aromatic heterocycles. The van der Waals surface area contributed by atoms with Crippen molar-refractivity contribution in [2.24, 2.45) is 10.2 Å². The number of hydrogen-bond donors (Lipinski definition) is 4. The summed E-state index contributed by atoms with van der Waals surface area (Å²) in [4.78, 5) is 44.3. The van der Waals surface area contributed by atoms with Crippen LogP contribution in [0.2, 0.25) is 0 Å². The van der Waals surface area contributed by atoms with Crippen LogP contribution >= 0.6 is 7.82 Å². The summed E-state index contributed by atoms with van der Waals surface area (Å²) >= 11 is 0. The van der Waals surface area contributed by atoms with Crippen LogP contribution in [0.4, 0.5) is 11.5 Å². The molecule has 0 radical (unpaired) electrons. The molecule has 1 heterocycles. The molecule has 0 fully saturated rings. The molecule has 0 unspecified atom stereocenters. The van der Waals surface area contributed by atoms with Gasteiger partial charge in [-0.2, -0.15) is 0 Å². The van der Waals surface area contributed by atoms with Crippen molar-refractivity contribution >= 4 is 31.6 Å². The zero-order chi connectivity index (χ0) is 21.1. The predicted octanol–water partition coefficient (Wildman–Crippen LogP) is 2.94. The summed E-state index contributed by atoms with van der Waals surface area (Å²) < 4.78 is 15.4. The van der Waals surface area contributed by atoms with Crippen LogP contribution in [0.5, 0.6) is 5.75 Å². The second kappa shape index (κ2) is 8.36. The molecule has 2 aromatic rings. The first-order valence-electron chi connectivity index (χ1n) is 7.67. The van der Waals surface area contributed by atoms with E-state index in [9.17, 15) is 19.3 Å². The van der Waals surface area contributed by atoms with E-state index >= 15 is 0 Å². The van der Waals surface area contributed by atoms with Gasteiger partial charge in [-0.1, -0.05) is 6.07 Å². The van der Waals surface area contributed by atoms with Gasteiger partial charge in [0.25, 0.3) is 0 Å². The van der Waals surface area contributed by atoms with Crippen molar-refractivity contribution in [3.05, 3.63) is 46.1 Å². The van der Waals surface area contributed by atoms with Crippen LogP contribution in [0.1, 0.15) is 37.5 Å². The first-order valence-corrected chi connectivity index (χ1v) is 9.20. The quantitative estimate of drug-likeness (QED) is 0.304. The van der Waals surface area contributed by atoms with Crippen LogP contribution in [0.3, 0.4) is 0 Å². The number of aromatic hydroxyl groups is 1. The molecule has 4 N–H and O–H groups in total. The van der Waals surface area contributed by atoms with Gasteiger partial charge in [0.05, 0.1) is 29.1 Å². The Hall–Kier alpha value is -2.98. The molecule has 0 atom stereocenters.